The molecule has 13 heavy (non-hydrogen) atoms. The van der Waals surface area contributed by atoms with Crippen LogP contribution in [0, 0.1) is 5.41 Å². The lowest BCUT2D eigenvalue weighted by atomic mass is 9.59. The summed E-state index contributed by atoms with van der Waals surface area (Å²) in [5.41, 5.74) is 4.95. The lowest BCUT2D eigenvalue weighted by molar-refractivity contribution is -0.190. The molecular formula is C10H21NO2. The Labute approximate surface area is 80.3 Å². The standard InChI is InChI=1S/C10H21NO2/c1-4-9(2,7-11)10(12)5-8(6-10)13-3/h8,12H,4-7,11H2,1-3H3. The number of ether oxygens (including phenoxy) is 1. The highest BCUT2D eigenvalue weighted by molar-refractivity contribution is 5.06. The largest absolute Gasteiger partial charge is 0.389 e. The van der Waals surface area contributed by atoms with Gasteiger partial charge in [-0.2, -0.15) is 0 Å². The van der Waals surface area contributed by atoms with Crippen LogP contribution in [0.4, 0.5) is 0 Å². The van der Waals surface area contributed by atoms with E-state index in [0.717, 1.165) is 19.3 Å². The highest BCUT2D eigenvalue weighted by Crippen LogP contribution is 2.48. The molecule has 3 nitrogen and oxygen atoms in total. The zero-order valence-corrected chi connectivity index (χ0v) is 8.84. The average molecular weight is 187 g/mol. The Kier molecular flexibility index (Phi) is 3.00. The molecule has 3 heteroatoms. The molecule has 78 valence electrons. The van der Waals surface area contributed by atoms with Crippen LogP contribution in [0.15, 0.2) is 0 Å². The second-order valence-electron chi connectivity index (χ2n) is 4.42. The molecule has 0 amide bonds. The van der Waals surface area contributed by atoms with E-state index >= 15 is 0 Å². The minimum Gasteiger partial charge on any atom is -0.389 e. The Bertz CT molecular complexity index is 172. The Morgan fingerprint density at radius 2 is 2.15 bits per heavy atom. The van der Waals surface area contributed by atoms with Gasteiger partial charge < -0.3 is 15.6 Å². The molecule has 0 aromatic rings. The van der Waals surface area contributed by atoms with Crippen molar-refractivity contribution in [3.63, 3.8) is 0 Å². The Morgan fingerprint density at radius 1 is 1.62 bits per heavy atom. The van der Waals surface area contributed by atoms with Crippen molar-refractivity contribution in [2.24, 2.45) is 11.1 Å². The highest BCUT2D eigenvalue weighted by atomic mass is 16.5. The van der Waals surface area contributed by atoms with Crippen LogP contribution in [0.2, 0.25) is 0 Å². The Morgan fingerprint density at radius 3 is 2.46 bits per heavy atom. The molecule has 0 bridgehead atoms. The Balaban J connectivity index is 2.61. The van der Waals surface area contributed by atoms with Crippen LogP contribution in [-0.2, 0) is 4.74 Å². The van der Waals surface area contributed by atoms with Crippen molar-refractivity contribution in [2.75, 3.05) is 13.7 Å². The van der Waals surface area contributed by atoms with Gasteiger partial charge in [0.1, 0.15) is 0 Å². The number of hydrogen-bond acceptors (Lipinski definition) is 3. The lowest BCUT2D eigenvalue weighted by Crippen LogP contribution is -2.60. The third kappa shape index (κ3) is 1.60. The van der Waals surface area contributed by atoms with Crippen LogP contribution in [-0.4, -0.2) is 30.5 Å². The van der Waals surface area contributed by atoms with Crippen molar-refractivity contribution in [2.45, 2.75) is 44.8 Å². The number of aliphatic hydroxyl groups is 1. The Hall–Kier alpha value is -0.120. The first-order valence-corrected chi connectivity index (χ1v) is 4.96. The third-order valence-electron chi connectivity index (χ3n) is 3.82. The first kappa shape index (κ1) is 11.0. The fourth-order valence-electron chi connectivity index (χ4n) is 2.02. The average Bonchev–Trinajstić information content (AvgIpc) is 2.11. The molecule has 1 aliphatic carbocycles. The van der Waals surface area contributed by atoms with Crippen molar-refractivity contribution in [3.05, 3.63) is 0 Å². The van der Waals surface area contributed by atoms with Crippen LogP contribution in [0.5, 0.6) is 0 Å². The van der Waals surface area contributed by atoms with Gasteiger partial charge in [0.15, 0.2) is 0 Å². The molecule has 1 rings (SSSR count). The van der Waals surface area contributed by atoms with E-state index in [1.807, 2.05) is 0 Å². The maximum absolute atomic E-state index is 10.3. The summed E-state index contributed by atoms with van der Waals surface area (Å²) in [6.45, 7) is 4.67. The summed E-state index contributed by atoms with van der Waals surface area (Å²) in [5, 5.41) is 10.3. The van der Waals surface area contributed by atoms with E-state index in [-0.39, 0.29) is 11.5 Å². The summed E-state index contributed by atoms with van der Waals surface area (Å²) in [7, 11) is 1.69. The minimum atomic E-state index is -0.600. The van der Waals surface area contributed by atoms with Gasteiger partial charge in [-0.05, 0) is 6.42 Å². The van der Waals surface area contributed by atoms with E-state index in [9.17, 15) is 5.11 Å². The maximum Gasteiger partial charge on any atom is 0.0762 e. The summed E-state index contributed by atoms with van der Waals surface area (Å²) in [5.74, 6) is 0. The SMILES string of the molecule is CCC(C)(CN)C1(O)CC(OC)C1. The normalized spacial score (nSPS) is 38.1. The molecular weight excluding hydrogens is 166 g/mol. The van der Waals surface area contributed by atoms with Crippen molar-refractivity contribution in [3.8, 4) is 0 Å². The molecule has 0 radical (unpaired) electrons. The molecule has 0 aromatic carbocycles. The second kappa shape index (κ2) is 3.56. The molecule has 1 aliphatic rings. The van der Waals surface area contributed by atoms with Gasteiger partial charge in [-0.3, -0.25) is 0 Å². The molecule has 0 aliphatic heterocycles. The van der Waals surface area contributed by atoms with Crippen LogP contribution in [0.1, 0.15) is 33.1 Å². The molecule has 1 saturated carbocycles. The van der Waals surface area contributed by atoms with E-state index in [1.165, 1.54) is 0 Å². The fourth-order valence-corrected chi connectivity index (χ4v) is 2.02. The lowest BCUT2D eigenvalue weighted by Gasteiger charge is -2.53. The van der Waals surface area contributed by atoms with E-state index < -0.39 is 5.60 Å². The highest BCUT2D eigenvalue weighted by Gasteiger charge is 2.53. The van der Waals surface area contributed by atoms with Gasteiger partial charge in [0.05, 0.1) is 11.7 Å². The van der Waals surface area contributed by atoms with Crippen molar-refractivity contribution >= 4 is 0 Å². The maximum atomic E-state index is 10.3. The van der Waals surface area contributed by atoms with E-state index in [1.54, 1.807) is 7.11 Å². The first-order chi connectivity index (χ1) is 6.01. The van der Waals surface area contributed by atoms with E-state index in [0.29, 0.717) is 6.54 Å². The van der Waals surface area contributed by atoms with E-state index in [2.05, 4.69) is 13.8 Å². The van der Waals surface area contributed by atoms with Crippen LogP contribution in [0.25, 0.3) is 0 Å². The van der Waals surface area contributed by atoms with Gasteiger partial charge in [-0.25, -0.2) is 0 Å². The monoisotopic (exact) mass is 187 g/mol. The third-order valence-corrected chi connectivity index (χ3v) is 3.82. The number of hydrogen-bond donors (Lipinski definition) is 2. The second-order valence-corrected chi connectivity index (χ2v) is 4.42. The van der Waals surface area contributed by atoms with Crippen molar-refractivity contribution in [1.82, 2.24) is 0 Å². The fraction of sp³-hybridized carbons (Fsp3) is 1.00. The number of nitrogens with two attached hydrogens (primary N) is 1. The zero-order chi connectivity index (χ0) is 10.1. The zero-order valence-electron chi connectivity index (χ0n) is 8.84. The van der Waals surface area contributed by atoms with Crippen LogP contribution in [0.3, 0.4) is 0 Å². The summed E-state index contributed by atoms with van der Waals surface area (Å²) in [6, 6.07) is 0. The van der Waals surface area contributed by atoms with Gasteiger partial charge in [-0.15, -0.1) is 0 Å². The van der Waals surface area contributed by atoms with Gasteiger partial charge in [0, 0.05) is 31.9 Å². The van der Waals surface area contributed by atoms with Gasteiger partial charge in [0.2, 0.25) is 0 Å². The molecule has 0 heterocycles. The molecule has 1 fully saturated rings. The molecule has 1 atom stereocenters. The molecule has 3 N–H and O–H groups in total. The predicted octanol–water partition coefficient (Wildman–Crippen LogP) is 0.901. The summed E-state index contributed by atoms with van der Waals surface area (Å²) in [6.07, 6.45) is 2.59. The van der Waals surface area contributed by atoms with Gasteiger partial charge in [-0.1, -0.05) is 13.8 Å². The molecule has 1 unspecified atom stereocenters. The number of methoxy groups -OCH3 is 1. The number of rotatable bonds is 4. The molecule has 0 saturated heterocycles. The minimum absolute atomic E-state index is 0.151. The van der Waals surface area contributed by atoms with Crippen LogP contribution < -0.4 is 5.73 Å². The van der Waals surface area contributed by atoms with E-state index in [4.69, 9.17) is 10.5 Å². The van der Waals surface area contributed by atoms with Crippen molar-refractivity contribution in [1.29, 1.82) is 0 Å². The predicted molar refractivity (Wildman–Crippen MR) is 52.4 cm³/mol. The summed E-state index contributed by atoms with van der Waals surface area (Å²) < 4.78 is 5.16. The topological polar surface area (TPSA) is 55.5 Å². The van der Waals surface area contributed by atoms with Gasteiger partial charge >= 0.3 is 0 Å². The molecule has 0 aromatic heterocycles. The van der Waals surface area contributed by atoms with Crippen molar-refractivity contribution < 1.29 is 9.84 Å². The smallest absolute Gasteiger partial charge is 0.0762 e. The van der Waals surface area contributed by atoms with Gasteiger partial charge in [0.25, 0.3) is 0 Å². The summed E-state index contributed by atoms with van der Waals surface area (Å²) in [4.78, 5) is 0. The van der Waals surface area contributed by atoms with Crippen LogP contribution >= 0.6 is 0 Å². The quantitative estimate of drug-likeness (QED) is 0.687. The molecule has 0 spiro atoms. The summed E-state index contributed by atoms with van der Waals surface area (Å²) >= 11 is 0. The first-order valence-electron chi connectivity index (χ1n) is 4.96.